The molecule has 0 heterocycles. The second-order valence-corrected chi connectivity index (χ2v) is 12.9. The Morgan fingerprint density at radius 3 is 2.14 bits per heavy atom. The molecule has 0 amide bonds. The summed E-state index contributed by atoms with van der Waals surface area (Å²) in [4.78, 5) is 11.7. The first-order valence-electron chi connectivity index (χ1n) is 14.0. The van der Waals surface area contributed by atoms with Gasteiger partial charge in [0.05, 0.1) is 11.5 Å². The van der Waals surface area contributed by atoms with Crippen molar-refractivity contribution in [2.45, 2.75) is 103 Å². The smallest absolute Gasteiger partial charge is 0.309 e. The zero-order valence-corrected chi connectivity index (χ0v) is 22.3. The number of fused-ring (bicyclic) bond motifs is 3. The number of hydrogen-bond donors (Lipinski definition) is 2. The largest absolute Gasteiger partial charge is 0.490 e. The van der Waals surface area contributed by atoms with E-state index >= 15 is 0 Å². The van der Waals surface area contributed by atoms with Crippen LogP contribution in [-0.4, -0.2) is 22.7 Å². The zero-order chi connectivity index (χ0) is 25.4. The maximum Gasteiger partial charge on any atom is 0.309 e. The van der Waals surface area contributed by atoms with Crippen LogP contribution in [0, 0.1) is 16.7 Å². The molecule has 4 aliphatic rings. The first-order chi connectivity index (χ1) is 17.2. The lowest BCUT2D eigenvalue weighted by Gasteiger charge is -2.51. The number of carboxylic acid groups (broad SMARTS) is 1. The van der Waals surface area contributed by atoms with Crippen LogP contribution in [0.15, 0.2) is 48.5 Å². The summed E-state index contributed by atoms with van der Waals surface area (Å²) in [6.45, 7) is 7.90. The van der Waals surface area contributed by atoms with E-state index in [-0.39, 0.29) is 5.54 Å². The van der Waals surface area contributed by atoms with E-state index in [9.17, 15) is 9.90 Å². The van der Waals surface area contributed by atoms with Crippen molar-refractivity contribution in [2.24, 2.45) is 16.7 Å². The molecule has 36 heavy (non-hydrogen) atoms. The van der Waals surface area contributed by atoms with Crippen molar-refractivity contribution >= 4 is 5.97 Å². The van der Waals surface area contributed by atoms with Gasteiger partial charge < -0.3 is 15.2 Å². The number of carbonyl (C=O) groups is 1. The molecule has 4 saturated carbocycles. The fourth-order valence-electron chi connectivity index (χ4n) is 6.89. The summed E-state index contributed by atoms with van der Waals surface area (Å²) in [5.74, 6) is 1.19. The number of ether oxygens (including phenoxy) is 1. The Morgan fingerprint density at radius 2 is 1.56 bits per heavy atom. The summed E-state index contributed by atoms with van der Waals surface area (Å²) in [7, 11) is 0. The van der Waals surface area contributed by atoms with E-state index < -0.39 is 11.4 Å². The quantitative estimate of drug-likeness (QED) is 0.420. The SMILES string of the molecule is CC(C)(C)C1CCC(Oc2ccc(-c3cccc(CNC45CCC(C(=O)O)(CC4)CC5)c3)cc2)CC1. The van der Waals surface area contributed by atoms with E-state index in [1.807, 2.05) is 0 Å². The van der Waals surface area contributed by atoms with Crippen molar-refractivity contribution in [3.63, 3.8) is 0 Å². The highest BCUT2D eigenvalue weighted by molar-refractivity contribution is 5.75. The van der Waals surface area contributed by atoms with Gasteiger partial charge in [0.2, 0.25) is 0 Å². The minimum absolute atomic E-state index is 0.109. The highest BCUT2D eigenvalue weighted by Gasteiger charge is 2.52. The van der Waals surface area contributed by atoms with Gasteiger partial charge in [0.25, 0.3) is 0 Å². The van der Waals surface area contributed by atoms with Gasteiger partial charge in [-0.05, 0) is 110 Å². The Labute approximate surface area is 216 Å². The summed E-state index contributed by atoms with van der Waals surface area (Å²) in [5, 5.41) is 13.5. The second kappa shape index (κ2) is 9.85. The third-order valence-corrected chi connectivity index (χ3v) is 9.68. The molecule has 0 spiro atoms. The van der Waals surface area contributed by atoms with E-state index in [0.717, 1.165) is 69.6 Å². The van der Waals surface area contributed by atoms with Crippen LogP contribution < -0.4 is 10.1 Å². The van der Waals surface area contributed by atoms with Gasteiger partial charge in [-0.3, -0.25) is 4.79 Å². The topological polar surface area (TPSA) is 58.6 Å². The molecular weight excluding hydrogens is 446 g/mol. The van der Waals surface area contributed by atoms with Gasteiger partial charge >= 0.3 is 5.97 Å². The molecule has 4 heteroatoms. The molecule has 2 aromatic carbocycles. The predicted molar refractivity (Wildman–Crippen MR) is 145 cm³/mol. The molecule has 0 aromatic heterocycles. The normalized spacial score (nSPS) is 30.2. The molecular formula is C32H43NO3. The van der Waals surface area contributed by atoms with Crippen LogP contribution in [0.3, 0.4) is 0 Å². The maximum atomic E-state index is 11.7. The number of hydrogen-bond acceptors (Lipinski definition) is 3. The molecule has 4 aliphatic carbocycles. The van der Waals surface area contributed by atoms with Crippen LogP contribution in [0.25, 0.3) is 11.1 Å². The zero-order valence-electron chi connectivity index (χ0n) is 22.3. The Kier molecular flexibility index (Phi) is 6.93. The molecule has 0 radical (unpaired) electrons. The molecule has 4 nitrogen and oxygen atoms in total. The van der Waals surface area contributed by atoms with Crippen LogP contribution in [-0.2, 0) is 11.3 Å². The highest BCUT2D eigenvalue weighted by atomic mass is 16.5. The summed E-state index contributed by atoms with van der Waals surface area (Å²) in [6, 6.07) is 17.4. The van der Waals surface area contributed by atoms with Crippen molar-refractivity contribution in [1.82, 2.24) is 5.32 Å². The fourth-order valence-corrected chi connectivity index (χ4v) is 6.89. The van der Waals surface area contributed by atoms with Crippen LogP contribution in [0.5, 0.6) is 5.75 Å². The molecule has 0 unspecified atom stereocenters. The Morgan fingerprint density at radius 1 is 0.917 bits per heavy atom. The van der Waals surface area contributed by atoms with Crippen LogP contribution in [0.2, 0.25) is 0 Å². The molecule has 0 saturated heterocycles. The third-order valence-electron chi connectivity index (χ3n) is 9.68. The van der Waals surface area contributed by atoms with Gasteiger partial charge in [-0.25, -0.2) is 0 Å². The van der Waals surface area contributed by atoms with E-state index in [4.69, 9.17) is 4.74 Å². The summed E-state index contributed by atoms with van der Waals surface area (Å²) in [6.07, 6.45) is 10.5. The predicted octanol–water partition coefficient (Wildman–Crippen LogP) is 7.60. The van der Waals surface area contributed by atoms with Crippen molar-refractivity contribution in [3.05, 3.63) is 54.1 Å². The number of nitrogens with one attached hydrogen (secondary N) is 1. The van der Waals surface area contributed by atoms with Crippen LogP contribution >= 0.6 is 0 Å². The van der Waals surface area contributed by atoms with Crippen molar-refractivity contribution < 1.29 is 14.6 Å². The van der Waals surface area contributed by atoms with Crippen molar-refractivity contribution in [2.75, 3.05) is 0 Å². The average Bonchev–Trinajstić information content (AvgIpc) is 2.89. The maximum absolute atomic E-state index is 11.7. The van der Waals surface area contributed by atoms with E-state index in [1.54, 1.807) is 0 Å². The second-order valence-electron chi connectivity index (χ2n) is 12.9. The molecule has 2 N–H and O–H groups in total. The van der Waals surface area contributed by atoms with Gasteiger partial charge in [-0.2, -0.15) is 0 Å². The Bertz CT molecular complexity index is 1040. The molecule has 0 aliphatic heterocycles. The highest BCUT2D eigenvalue weighted by Crippen LogP contribution is 2.52. The molecule has 6 rings (SSSR count). The molecule has 2 bridgehead atoms. The Balaban J connectivity index is 1.16. The van der Waals surface area contributed by atoms with Gasteiger partial charge in [0.1, 0.15) is 5.75 Å². The summed E-state index contributed by atoms with van der Waals surface area (Å²) >= 11 is 0. The number of benzene rings is 2. The molecule has 0 atom stereocenters. The Hall–Kier alpha value is -2.33. The van der Waals surface area contributed by atoms with Gasteiger partial charge in [0.15, 0.2) is 0 Å². The van der Waals surface area contributed by atoms with Crippen LogP contribution in [0.1, 0.15) is 90.5 Å². The molecule has 194 valence electrons. The standard InChI is InChI=1S/C32H43NO3/c1-30(2,3)26-9-13-28(14-10-26)36-27-11-7-24(8-12-27)25-6-4-5-23(21-25)22-33-32-18-15-31(16-19-32,17-20-32)29(34)35/h4-8,11-12,21,26,28,33H,9-10,13-20,22H2,1-3H3,(H,34,35). The average molecular weight is 490 g/mol. The lowest BCUT2D eigenvalue weighted by molar-refractivity contribution is -0.156. The third kappa shape index (κ3) is 5.34. The van der Waals surface area contributed by atoms with E-state index in [1.165, 1.54) is 29.5 Å². The fraction of sp³-hybridized carbons (Fsp3) is 0.594. The summed E-state index contributed by atoms with van der Waals surface area (Å²) in [5.41, 5.74) is 3.76. The molecule has 2 aromatic rings. The van der Waals surface area contributed by atoms with Gasteiger partial charge in [-0.15, -0.1) is 0 Å². The van der Waals surface area contributed by atoms with E-state index in [2.05, 4.69) is 74.6 Å². The van der Waals surface area contributed by atoms with Crippen molar-refractivity contribution in [3.8, 4) is 16.9 Å². The lowest BCUT2D eigenvalue weighted by Crippen LogP contribution is -2.56. The number of aliphatic carboxylic acids is 1. The van der Waals surface area contributed by atoms with Crippen molar-refractivity contribution in [1.29, 1.82) is 0 Å². The minimum atomic E-state index is -0.590. The number of carboxylic acids is 1. The number of rotatable bonds is 7. The monoisotopic (exact) mass is 489 g/mol. The first kappa shape index (κ1) is 25.3. The van der Waals surface area contributed by atoms with Gasteiger partial charge in [0, 0.05) is 12.1 Å². The molecule has 4 fully saturated rings. The lowest BCUT2D eigenvalue weighted by atomic mass is 9.57. The summed E-state index contributed by atoms with van der Waals surface area (Å²) < 4.78 is 6.34. The van der Waals surface area contributed by atoms with E-state index in [0.29, 0.717) is 11.5 Å². The van der Waals surface area contributed by atoms with Gasteiger partial charge in [-0.1, -0.05) is 51.1 Å². The van der Waals surface area contributed by atoms with Crippen LogP contribution in [0.4, 0.5) is 0 Å². The first-order valence-corrected chi connectivity index (χ1v) is 14.0. The minimum Gasteiger partial charge on any atom is -0.490 e.